The smallest absolute Gasteiger partial charge is 0.180 e. The van der Waals surface area contributed by atoms with E-state index in [1.807, 2.05) is 54.6 Å². The maximum Gasteiger partial charge on any atom is 0.180 e. The molecule has 1 aromatic heterocycles. The van der Waals surface area contributed by atoms with Gasteiger partial charge in [-0.15, -0.1) is 0 Å². The van der Waals surface area contributed by atoms with Crippen molar-refractivity contribution >= 4 is 51.9 Å². The van der Waals surface area contributed by atoms with Gasteiger partial charge in [-0.25, -0.2) is 9.97 Å². The fraction of sp³-hybridized carbons (Fsp3) is 0. The molecule has 3 aromatic carbocycles. The zero-order chi connectivity index (χ0) is 18.6. The molecule has 0 atom stereocenters. The van der Waals surface area contributed by atoms with E-state index in [0.717, 1.165) is 21.6 Å². The van der Waals surface area contributed by atoms with E-state index in [1.54, 1.807) is 18.2 Å². The minimum atomic E-state index is 0.179. The van der Waals surface area contributed by atoms with Crippen LogP contribution in [0.5, 0.6) is 5.75 Å². The van der Waals surface area contributed by atoms with Gasteiger partial charge in [-0.2, -0.15) is 0 Å². The maximum atomic E-state index is 9.70. The number of fused-ring (bicyclic) bond motifs is 1. The molecule has 0 unspecified atom stereocenters. The number of nitrogens with one attached hydrogen (secondary N) is 2. The van der Waals surface area contributed by atoms with Crippen molar-refractivity contribution in [3.63, 3.8) is 0 Å². The quantitative estimate of drug-likeness (QED) is 0.369. The first-order chi connectivity index (χ1) is 13.2. The standard InChI is InChI=1S/C20H15ClN4OS/c21-13-8-10-16(11-9-13)27-25-20-19(22-14-4-3-5-15(26)12-14)23-17-6-1-2-7-18(17)24-20/h1-12,26H,(H,22,23)(H,24,25). The summed E-state index contributed by atoms with van der Waals surface area (Å²) >= 11 is 7.36. The molecule has 4 rings (SSSR count). The molecule has 0 bridgehead atoms. The molecule has 0 aliphatic rings. The van der Waals surface area contributed by atoms with E-state index >= 15 is 0 Å². The van der Waals surface area contributed by atoms with Gasteiger partial charge in [-0.1, -0.05) is 29.8 Å². The van der Waals surface area contributed by atoms with Crippen molar-refractivity contribution in [2.45, 2.75) is 4.90 Å². The van der Waals surface area contributed by atoms with Crippen LogP contribution < -0.4 is 10.0 Å². The average Bonchev–Trinajstić information content (AvgIpc) is 2.67. The first kappa shape index (κ1) is 17.5. The van der Waals surface area contributed by atoms with Gasteiger partial charge in [0.1, 0.15) is 5.75 Å². The van der Waals surface area contributed by atoms with Crippen molar-refractivity contribution in [2.24, 2.45) is 0 Å². The van der Waals surface area contributed by atoms with Gasteiger partial charge in [0, 0.05) is 21.7 Å². The van der Waals surface area contributed by atoms with Gasteiger partial charge < -0.3 is 15.1 Å². The largest absolute Gasteiger partial charge is 0.508 e. The summed E-state index contributed by atoms with van der Waals surface area (Å²) in [6, 6.07) is 22.1. The highest BCUT2D eigenvalue weighted by molar-refractivity contribution is 8.00. The molecule has 5 nitrogen and oxygen atoms in total. The van der Waals surface area contributed by atoms with Crippen molar-refractivity contribution in [3.8, 4) is 5.75 Å². The molecule has 0 aliphatic carbocycles. The highest BCUT2D eigenvalue weighted by atomic mass is 35.5. The second kappa shape index (κ2) is 7.73. The summed E-state index contributed by atoms with van der Waals surface area (Å²) in [7, 11) is 0. The number of anilines is 3. The van der Waals surface area contributed by atoms with Crippen LogP contribution in [0, 0.1) is 0 Å². The minimum Gasteiger partial charge on any atom is -0.508 e. The van der Waals surface area contributed by atoms with Crippen molar-refractivity contribution in [3.05, 3.63) is 77.8 Å². The van der Waals surface area contributed by atoms with Gasteiger partial charge in [-0.05, 0) is 60.5 Å². The lowest BCUT2D eigenvalue weighted by molar-refractivity contribution is 0.475. The normalized spacial score (nSPS) is 10.7. The SMILES string of the molecule is Oc1cccc(Nc2nc3ccccc3nc2NSc2ccc(Cl)cc2)c1. The van der Waals surface area contributed by atoms with Crippen LogP contribution >= 0.6 is 23.5 Å². The van der Waals surface area contributed by atoms with E-state index in [-0.39, 0.29) is 5.75 Å². The number of hydrogen-bond donors (Lipinski definition) is 3. The Morgan fingerprint density at radius 3 is 2.22 bits per heavy atom. The summed E-state index contributed by atoms with van der Waals surface area (Å²) in [4.78, 5) is 10.4. The Balaban J connectivity index is 1.67. The van der Waals surface area contributed by atoms with E-state index < -0.39 is 0 Å². The summed E-state index contributed by atoms with van der Waals surface area (Å²) < 4.78 is 3.25. The number of aromatic hydroxyl groups is 1. The number of para-hydroxylation sites is 2. The third-order valence-corrected chi connectivity index (χ3v) is 4.81. The summed E-state index contributed by atoms with van der Waals surface area (Å²) in [6.07, 6.45) is 0. The second-order valence-electron chi connectivity index (χ2n) is 5.74. The van der Waals surface area contributed by atoms with Crippen LogP contribution in [0.4, 0.5) is 17.3 Å². The number of aromatic nitrogens is 2. The molecule has 0 saturated heterocycles. The van der Waals surface area contributed by atoms with Crippen molar-refractivity contribution in [2.75, 3.05) is 10.0 Å². The Hall–Kier alpha value is -2.96. The first-order valence-electron chi connectivity index (χ1n) is 8.19. The van der Waals surface area contributed by atoms with E-state index in [9.17, 15) is 5.11 Å². The summed E-state index contributed by atoms with van der Waals surface area (Å²) in [6.45, 7) is 0. The van der Waals surface area contributed by atoms with E-state index in [2.05, 4.69) is 20.0 Å². The average molecular weight is 395 g/mol. The number of benzene rings is 3. The Kier molecular flexibility index (Phi) is 5.00. The minimum absolute atomic E-state index is 0.179. The lowest BCUT2D eigenvalue weighted by Gasteiger charge is -2.13. The molecule has 7 heteroatoms. The topological polar surface area (TPSA) is 70.1 Å². The molecule has 0 amide bonds. The van der Waals surface area contributed by atoms with Crippen LogP contribution in [0.25, 0.3) is 11.0 Å². The predicted octanol–water partition coefficient (Wildman–Crippen LogP) is 5.85. The summed E-state index contributed by atoms with van der Waals surface area (Å²) in [5.74, 6) is 1.34. The molecule has 0 aliphatic heterocycles. The van der Waals surface area contributed by atoms with Crippen LogP contribution in [-0.2, 0) is 0 Å². The van der Waals surface area contributed by atoms with Crippen LogP contribution in [0.3, 0.4) is 0 Å². The molecular formula is C20H15ClN4OS. The number of phenolic OH excluding ortho intramolecular Hbond substituents is 1. The lowest BCUT2D eigenvalue weighted by atomic mass is 10.3. The fourth-order valence-electron chi connectivity index (χ4n) is 2.49. The number of rotatable bonds is 5. The molecule has 0 fully saturated rings. The zero-order valence-corrected chi connectivity index (χ0v) is 15.6. The molecule has 3 N–H and O–H groups in total. The highest BCUT2D eigenvalue weighted by Crippen LogP contribution is 2.30. The second-order valence-corrected chi connectivity index (χ2v) is 7.06. The van der Waals surface area contributed by atoms with Gasteiger partial charge in [0.2, 0.25) is 0 Å². The fourth-order valence-corrected chi connectivity index (χ4v) is 3.24. The molecular weight excluding hydrogens is 380 g/mol. The molecule has 1 heterocycles. The molecule has 27 heavy (non-hydrogen) atoms. The van der Waals surface area contributed by atoms with Gasteiger partial charge in [0.15, 0.2) is 11.6 Å². The van der Waals surface area contributed by atoms with Gasteiger partial charge in [-0.3, -0.25) is 0 Å². The van der Waals surface area contributed by atoms with Crippen LogP contribution in [0.1, 0.15) is 0 Å². The number of phenols is 1. The molecule has 134 valence electrons. The number of nitrogens with zero attached hydrogens (tertiary/aromatic N) is 2. The van der Waals surface area contributed by atoms with E-state index in [1.165, 1.54) is 11.9 Å². The Morgan fingerprint density at radius 2 is 1.52 bits per heavy atom. The number of hydrogen-bond acceptors (Lipinski definition) is 6. The van der Waals surface area contributed by atoms with Gasteiger partial charge in [0.05, 0.1) is 11.0 Å². The van der Waals surface area contributed by atoms with Crippen molar-refractivity contribution in [1.29, 1.82) is 0 Å². The third-order valence-electron chi connectivity index (χ3n) is 3.76. The van der Waals surface area contributed by atoms with Gasteiger partial charge in [0.25, 0.3) is 0 Å². The van der Waals surface area contributed by atoms with Crippen LogP contribution in [0.2, 0.25) is 5.02 Å². The molecule has 0 saturated carbocycles. The van der Waals surface area contributed by atoms with Crippen molar-refractivity contribution < 1.29 is 5.11 Å². The summed E-state index contributed by atoms with van der Waals surface area (Å²) in [5.41, 5.74) is 2.29. The van der Waals surface area contributed by atoms with Crippen LogP contribution in [-0.4, -0.2) is 15.1 Å². The summed E-state index contributed by atoms with van der Waals surface area (Å²) in [5, 5.41) is 13.6. The van der Waals surface area contributed by atoms with Crippen molar-refractivity contribution in [1.82, 2.24) is 9.97 Å². The number of halogens is 1. The Morgan fingerprint density at radius 1 is 0.815 bits per heavy atom. The zero-order valence-electron chi connectivity index (χ0n) is 14.1. The molecule has 4 aromatic rings. The molecule has 0 spiro atoms. The monoisotopic (exact) mass is 394 g/mol. The predicted molar refractivity (Wildman–Crippen MR) is 112 cm³/mol. The Labute approximate surface area is 165 Å². The Bertz CT molecular complexity index is 1090. The highest BCUT2D eigenvalue weighted by Gasteiger charge is 2.10. The first-order valence-corrected chi connectivity index (χ1v) is 9.38. The van der Waals surface area contributed by atoms with E-state index in [0.29, 0.717) is 16.7 Å². The van der Waals surface area contributed by atoms with Crippen LogP contribution in [0.15, 0.2) is 77.7 Å². The maximum absolute atomic E-state index is 9.70. The third kappa shape index (κ3) is 4.24. The lowest BCUT2D eigenvalue weighted by Crippen LogP contribution is -2.02. The molecule has 0 radical (unpaired) electrons. The van der Waals surface area contributed by atoms with Gasteiger partial charge >= 0.3 is 0 Å². The van der Waals surface area contributed by atoms with E-state index in [4.69, 9.17) is 11.6 Å².